The zero-order valence-corrected chi connectivity index (χ0v) is 21.7. The van der Waals surface area contributed by atoms with Gasteiger partial charge >= 0.3 is 0 Å². The highest BCUT2D eigenvalue weighted by atomic mass is 32.1. The van der Waals surface area contributed by atoms with Crippen molar-refractivity contribution in [2.24, 2.45) is 0 Å². The maximum atomic E-state index is 13.1. The van der Waals surface area contributed by atoms with Gasteiger partial charge in [-0.2, -0.15) is 0 Å². The largest absolute Gasteiger partial charge is 0.454 e. The summed E-state index contributed by atoms with van der Waals surface area (Å²) in [5.74, 6) is 1.47. The second-order valence-corrected chi connectivity index (χ2v) is 9.21. The summed E-state index contributed by atoms with van der Waals surface area (Å²) in [5, 5.41) is 6.17. The molecule has 36 heavy (non-hydrogen) atoms. The molecule has 194 valence electrons. The SMILES string of the molecule is CCCCNC.O.O.O=C(Nc1cccc(-c2ccc(S)cc2)c1)C1(c2ccc3c(c2)OCO3)CC1. The molecule has 0 radical (unpaired) electrons. The molecule has 6 N–H and O–H groups in total. The number of carbonyl (C=O) groups is 1. The van der Waals surface area contributed by atoms with Gasteiger partial charge in [-0.05, 0) is 85.9 Å². The number of hydrogen-bond donors (Lipinski definition) is 3. The van der Waals surface area contributed by atoms with Crippen LogP contribution in [0.2, 0.25) is 0 Å². The second kappa shape index (κ2) is 13.3. The standard InChI is InChI=1S/C23H19NO3S.C5H13N.2H2O/c25-22(23(10-11-23)17-6-9-20-21(13-17)27-14-26-20)24-18-3-1-2-16(12-18)15-4-7-19(28)8-5-15;1-3-4-5-6-2;;/h1-9,12-13,28H,10-11,14H2,(H,24,25);6H,3-5H2,1-2H3;2*1H2. The van der Waals surface area contributed by atoms with Crippen LogP contribution >= 0.6 is 12.6 Å². The van der Waals surface area contributed by atoms with Crippen LogP contribution in [0.3, 0.4) is 0 Å². The Morgan fingerprint density at radius 2 is 1.67 bits per heavy atom. The lowest BCUT2D eigenvalue weighted by molar-refractivity contribution is -0.118. The van der Waals surface area contributed by atoms with Gasteiger partial charge < -0.3 is 31.1 Å². The summed E-state index contributed by atoms with van der Waals surface area (Å²) in [6.45, 7) is 3.59. The van der Waals surface area contributed by atoms with Crippen LogP contribution in [-0.4, -0.2) is 37.2 Å². The Bertz CT molecular complexity index is 1130. The summed E-state index contributed by atoms with van der Waals surface area (Å²) in [5.41, 5.74) is 3.44. The third kappa shape index (κ3) is 6.79. The van der Waals surface area contributed by atoms with Gasteiger partial charge in [-0.15, -0.1) is 12.6 Å². The fourth-order valence-corrected chi connectivity index (χ4v) is 4.15. The Morgan fingerprint density at radius 3 is 2.31 bits per heavy atom. The molecule has 0 saturated heterocycles. The zero-order valence-electron chi connectivity index (χ0n) is 20.8. The van der Waals surface area contributed by atoms with Crippen LogP contribution in [0.25, 0.3) is 11.1 Å². The summed E-state index contributed by atoms with van der Waals surface area (Å²) in [7, 11) is 1.98. The molecule has 2 aliphatic rings. The zero-order chi connectivity index (χ0) is 24.0. The maximum Gasteiger partial charge on any atom is 0.235 e. The lowest BCUT2D eigenvalue weighted by Gasteiger charge is -2.17. The lowest BCUT2D eigenvalue weighted by atomic mass is 9.94. The van der Waals surface area contributed by atoms with Gasteiger partial charge in [0.25, 0.3) is 0 Å². The first-order chi connectivity index (χ1) is 16.6. The van der Waals surface area contributed by atoms with Crippen molar-refractivity contribution in [2.45, 2.75) is 42.9 Å². The van der Waals surface area contributed by atoms with Crippen LogP contribution in [0.4, 0.5) is 5.69 Å². The van der Waals surface area contributed by atoms with Crippen LogP contribution in [0.1, 0.15) is 38.2 Å². The van der Waals surface area contributed by atoms with Gasteiger partial charge in [-0.25, -0.2) is 0 Å². The van der Waals surface area contributed by atoms with E-state index in [0.717, 1.165) is 52.4 Å². The topological polar surface area (TPSA) is 123 Å². The van der Waals surface area contributed by atoms with Gasteiger partial charge in [0, 0.05) is 10.6 Å². The quantitative estimate of drug-likeness (QED) is 0.321. The van der Waals surface area contributed by atoms with Crippen LogP contribution in [0.5, 0.6) is 11.5 Å². The van der Waals surface area contributed by atoms with E-state index in [1.165, 1.54) is 12.8 Å². The van der Waals surface area contributed by atoms with Crippen molar-refractivity contribution in [2.75, 3.05) is 25.7 Å². The Balaban J connectivity index is 0.000000514. The van der Waals surface area contributed by atoms with Crippen molar-refractivity contribution in [1.82, 2.24) is 5.32 Å². The number of thiol groups is 1. The predicted octanol–water partition coefficient (Wildman–Crippen LogP) is 4.40. The monoisotopic (exact) mass is 512 g/mol. The first kappa shape index (κ1) is 29.2. The minimum absolute atomic E-state index is 0. The minimum atomic E-state index is -0.481. The van der Waals surface area contributed by atoms with Crippen molar-refractivity contribution in [3.05, 3.63) is 72.3 Å². The molecule has 0 spiro atoms. The number of nitrogens with one attached hydrogen (secondary N) is 2. The molecule has 1 aliphatic heterocycles. The number of hydrogen-bond acceptors (Lipinski definition) is 5. The molecular formula is C28H36N2O5S. The van der Waals surface area contributed by atoms with E-state index in [1.807, 2.05) is 73.8 Å². The highest BCUT2D eigenvalue weighted by Gasteiger charge is 2.51. The van der Waals surface area contributed by atoms with E-state index < -0.39 is 5.41 Å². The first-order valence-electron chi connectivity index (χ1n) is 11.8. The van der Waals surface area contributed by atoms with E-state index in [1.54, 1.807) is 0 Å². The molecule has 5 rings (SSSR count). The van der Waals surface area contributed by atoms with Crippen LogP contribution in [0.15, 0.2) is 71.6 Å². The number of rotatable bonds is 7. The molecule has 3 aromatic carbocycles. The number of amides is 1. The van der Waals surface area contributed by atoms with Gasteiger partial charge in [0.2, 0.25) is 12.7 Å². The summed E-state index contributed by atoms with van der Waals surface area (Å²) in [6.07, 6.45) is 4.26. The molecule has 7 nitrogen and oxygen atoms in total. The highest BCUT2D eigenvalue weighted by Crippen LogP contribution is 2.51. The minimum Gasteiger partial charge on any atom is -0.454 e. The van der Waals surface area contributed by atoms with E-state index in [2.05, 4.69) is 30.2 Å². The Labute approximate surface area is 218 Å². The molecule has 0 aromatic heterocycles. The molecule has 0 unspecified atom stereocenters. The third-order valence-corrected chi connectivity index (χ3v) is 6.51. The first-order valence-corrected chi connectivity index (χ1v) is 12.3. The molecule has 1 saturated carbocycles. The number of benzene rings is 3. The van der Waals surface area contributed by atoms with Crippen molar-refractivity contribution in [3.63, 3.8) is 0 Å². The average Bonchev–Trinajstić information content (AvgIpc) is 3.54. The number of carbonyl (C=O) groups excluding carboxylic acids is 1. The van der Waals surface area contributed by atoms with E-state index >= 15 is 0 Å². The predicted molar refractivity (Wildman–Crippen MR) is 147 cm³/mol. The van der Waals surface area contributed by atoms with Gasteiger partial charge in [-0.1, -0.05) is 43.7 Å². The van der Waals surface area contributed by atoms with E-state index in [4.69, 9.17) is 9.47 Å². The Hall–Kier alpha value is -3.04. The number of anilines is 1. The van der Waals surface area contributed by atoms with Crippen LogP contribution in [0, 0.1) is 0 Å². The van der Waals surface area contributed by atoms with Crippen molar-refractivity contribution < 1.29 is 25.2 Å². The highest BCUT2D eigenvalue weighted by molar-refractivity contribution is 7.80. The fourth-order valence-electron chi connectivity index (χ4n) is 4.00. The van der Waals surface area contributed by atoms with Crippen LogP contribution < -0.4 is 20.1 Å². The molecule has 0 bridgehead atoms. The number of ether oxygens (including phenoxy) is 2. The maximum absolute atomic E-state index is 13.1. The summed E-state index contributed by atoms with van der Waals surface area (Å²) in [4.78, 5) is 14.0. The summed E-state index contributed by atoms with van der Waals surface area (Å²) < 4.78 is 10.9. The van der Waals surface area contributed by atoms with Crippen LogP contribution in [-0.2, 0) is 10.2 Å². The van der Waals surface area contributed by atoms with Gasteiger partial charge in [-0.3, -0.25) is 4.79 Å². The second-order valence-electron chi connectivity index (χ2n) is 8.69. The summed E-state index contributed by atoms with van der Waals surface area (Å²) in [6, 6.07) is 21.7. The van der Waals surface area contributed by atoms with Gasteiger partial charge in [0.15, 0.2) is 11.5 Å². The van der Waals surface area contributed by atoms with Gasteiger partial charge in [0.05, 0.1) is 5.41 Å². The molecule has 0 atom stereocenters. The van der Waals surface area contributed by atoms with Gasteiger partial charge in [0.1, 0.15) is 0 Å². The summed E-state index contributed by atoms with van der Waals surface area (Å²) >= 11 is 4.33. The van der Waals surface area contributed by atoms with E-state index in [0.29, 0.717) is 5.75 Å². The van der Waals surface area contributed by atoms with Crippen molar-refractivity contribution >= 4 is 24.2 Å². The normalized spacial score (nSPS) is 13.9. The Kier molecular flexibility index (Phi) is 10.8. The molecule has 3 aromatic rings. The van der Waals surface area contributed by atoms with Crippen molar-refractivity contribution in [1.29, 1.82) is 0 Å². The molecule has 1 heterocycles. The number of unbranched alkanes of at least 4 members (excludes halogenated alkanes) is 1. The molecule has 1 amide bonds. The van der Waals surface area contributed by atoms with Crippen molar-refractivity contribution in [3.8, 4) is 22.6 Å². The average molecular weight is 513 g/mol. The molecular weight excluding hydrogens is 476 g/mol. The third-order valence-electron chi connectivity index (χ3n) is 6.21. The lowest BCUT2D eigenvalue weighted by Crippen LogP contribution is -2.27. The Morgan fingerprint density at radius 1 is 0.944 bits per heavy atom. The fraction of sp³-hybridized carbons (Fsp3) is 0.321. The smallest absolute Gasteiger partial charge is 0.235 e. The van der Waals surface area contributed by atoms with E-state index in [-0.39, 0.29) is 23.7 Å². The molecule has 1 aliphatic carbocycles. The number of fused-ring (bicyclic) bond motifs is 1. The molecule has 1 fully saturated rings. The molecule has 8 heteroatoms. The van der Waals surface area contributed by atoms with E-state index in [9.17, 15) is 4.79 Å².